The second-order valence-corrected chi connectivity index (χ2v) is 7.12. The minimum absolute atomic E-state index is 0.0434. The zero-order valence-electron chi connectivity index (χ0n) is 15.1. The largest absolute Gasteiger partial charge is 0.497 e. The molecule has 2 heterocycles. The second kappa shape index (κ2) is 6.36. The molecule has 0 bridgehead atoms. The average molecular weight is 339 g/mol. The van der Waals surface area contributed by atoms with Gasteiger partial charge in [-0.15, -0.1) is 0 Å². The summed E-state index contributed by atoms with van der Waals surface area (Å²) >= 11 is 0. The Labute approximate surface area is 149 Å². The number of hydrogen-bond donors (Lipinski definition) is 0. The number of benzene rings is 2. The third kappa shape index (κ3) is 3.12. The molecule has 2 aliphatic rings. The van der Waals surface area contributed by atoms with Crippen LogP contribution >= 0.6 is 0 Å². The van der Waals surface area contributed by atoms with Gasteiger partial charge in [0.15, 0.2) is 0 Å². The van der Waals surface area contributed by atoms with Crippen LogP contribution in [0.5, 0.6) is 11.5 Å². The Balaban J connectivity index is 1.63. The molecule has 4 nitrogen and oxygen atoms in total. The van der Waals surface area contributed by atoms with Crippen LogP contribution in [0.2, 0.25) is 0 Å². The number of epoxide rings is 1. The van der Waals surface area contributed by atoms with Crippen molar-refractivity contribution in [3.05, 3.63) is 59.7 Å². The van der Waals surface area contributed by atoms with E-state index in [0.717, 1.165) is 30.9 Å². The van der Waals surface area contributed by atoms with Gasteiger partial charge in [0.25, 0.3) is 0 Å². The summed E-state index contributed by atoms with van der Waals surface area (Å²) in [4.78, 5) is 2.48. The highest BCUT2D eigenvalue weighted by atomic mass is 16.6. The molecule has 4 heteroatoms. The fourth-order valence-corrected chi connectivity index (χ4v) is 3.99. The van der Waals surface area contributed by atoms with Crippen LogP contribution < -0.4 is 9.47 Å². The van der Waals surface area contributed by atoms with Gasteiger partial charge >= 0.3 is 0 Å². The van der Waals surface area contributed by atoms with E-state index in [1.807, 2.05) is 24.3 Å². The Bertz CT molecular complexity index is 662. The quantitative estimate of drug-likeness (QED) is 0.789. The first kappa shape index (κ1) is 16.4. The van der Waals surface area contributed by atoms with Gasteiger partial charge in [0.05, 0.1) is 26.4 Å². The molecule has 1 unspecified atom stereocenters. The van der Waals surface area contributed by atoms with E-state index >= 15 is 0 Å². The standard InChI is InChI=1S/C21H25NO3/c1-22-19(15-4-8-17(23-2)9-5-15)12-21(14-25-21)13-20(22)16-6-10-18(24-3)11-7-16/h4-11,19-20H,12-14H2,1-3H3/t19-,20+,21?. The summed E-state index contributed by atoms with van der Waals surface area (Å²) in [5.74, 6) is 1.79. The monoisotopic (exact) mass is 339 g/mol. The summed E-state index contributed by atoms with van der Waals surface area (Å²) in [5.41, 5.74) is 2.68. The van der Waals surface area contributed by atoms with E-state index in [2.05, 4.69) is 36.2 Å². The predicted molar refractivity (Wildman–Crippen MR) is 97.2 cm³/mol. The van der Waals surface area contributed by atoms with Crippen LogP contribution in [-0.4, -0.2) is 38.4 Å². The van der Waals surface area contributed by atoms with Crippen molar-refractivity contribution in [2.24, 2.45) is 0 Å². The van der Waals surface area contributed by atoms with E-state index in [0.29, 0.717) is 12.1 Å². The van der Waals surface area contributed by atoms with Crippen molar-refractivity contribution in [2.45, 2.75) is 30.5 Å². The smallest absolute Gasteiger partial charge is 0.118 e. The molecule has 25 heavy (non-hydrogen) atoms. The number of likely N-dealkylation sites (tertiary alicyclic amines) is 1. The van der Waals surface area contributed by atoms with Gasteiger partial charge in [-0.25, -0.2) is 0 Å². The number of piperidine rings is 1. The van der Waals surface area contributed by atoms with Crippen molar-refractivity contribution in [1.82, 2.24) is 4.90 Å². The highest BCUT2D eigenvalue weighted by molar-refractivity contribution is 5.33. The van der Waals surface area contributed by atoms with Crippen molar-refractivity contribution in [3.8, 4) is 11.5 Å². The summed E-state index contributed by atoms with van der Waals surface area (Å²) in [7, 11) is 5.63. The molecular formula is C21H25NO3. The summed E-state index contributed by atoms with van der Waals surface area (Å²) in [6.45, 7) is 0.875. The Morgan fingerprint density at radius 3 is 1.56 bits per heavy atom. The van der Waals surface area contributed by atoms with Crippen LogP contribution in [0.1, 0.15) is 36.1 Å². The molecule has 4 rings (SSSR count). The maximum atomic E-state index is 5.90. The van der Waals surface area contributed by atoms with Crippen LogP contribution in [0.3, 0.4) is 0 Å². The first-order chi connectivity index (χ1) is 12.1. The van der Waals surface area contributed by atoms with Crippen molar-refractivity contribution in [1.29, 1.82) is 0 Å². The highest BCUT2D eigenvalue weighted by Gasteiger charge is 2.53. The summed E-state index contributed by atoms with van der Waals surface area (Å²) in [5, 5.41) is 0. The van der Waals surface area contributed by atoms with Gasteiger partial charge in [0.1, 0.15) is 11.5 Å². The molecule has 0 aromatic heterocycles. The Kier molecular flexibility index (Phi) is 4.18. The lowest BCUT2D eigenvalue weighted by Crippen LogP contribution is -2.40. The van der Waals surface area contributed by atoms with Crippen LogP contribution in [0.25, 0.3) is 0 Å². The molecule has 1 spiro atoms. The summed E-state index contributed by atoms with van der Waals surface area (Å²) in [6.07, 6.45) is 2.09. The molecule has 0 amide bonds. The lowest BCUT2D eigenvalue weighted by molar-refractivity contribution is 0.0552. The van der Waals surface area contributed by atoms with Gasteiger partial charge in [-0.2, -0.15) is 0 Å². The zero-order chi connectivity index (χ0) is 17.4. The molecule has 0 N–H and O–H groups in total. The number of nitrogens with zero attached hydrogens (tertiary/aromatic N) is 1. The van der Waals surface area contributed by atoms with Crippen molar-refractivity contribution >= 4 is 0 Å². The summed E-state index contributed by atoms with van der Waals surface area (Å²) < 4.78 is 16.5. The molecular weight excluding hydrogens is 314 g/mol. The van der Waals surface area contributed by atoms with Crippen LogP contribution in [0, 0.1) is 0 Å². The number of rotatable bonds is 4. The first-order valence-electron chi connectivity index (χ1n) is 8.78. The van der Waals surface area contributed by atoms with E-state index in [-0.39, 0.29) is 5.60 Å². The van der Waals surface area contributed by atoms with Gasteiger partial charge in [-0.1, -0.05) is 24.3 Å². The van der Waals surface area contributed by atoms with E-state index in [1.165, 1.54) is 11.1 Å². The average Bonchev–Trinajstić information content (AvgIpc) is 3.43. The minimum atomic E-state index is 0.0434. The topological polar surface area (TPSA) is 34.2 Å². The maximum absolute atomic E-state index is 5.90. The molecule has 132 valence electrons. The normalized spacial score (nSPS) is 28.8. The molecule has 2 aromatic carbocycles. The zero-order valence-corrected chi connectivity index (χ0v) is 15.1. The third-order valence-corrected chi connectivity index (χ3v) is 5.67. The second-order valence-electron chi connectivity index (χ2n) is 7.12. The fourth-order valence-electron chi connectivity index (χ4n) is 3.99. The van der Waals surface area contributed by atoms with Crippen molar-refractivity contribution in [2.75, 3.05) is 27.9 Å². The van der Waals surface area contributed by atoms with Crippen molar-refractivity contribution < 1.29 is 14.2 Å². The van der Waals surface area contributed by atoms with E-state index < -0.39 is 0 Å². The lowest BCUT2D eigenvalue weighted by atomic mass is 9.81. The van der Waals surface area contributed by atoms with E-state index in [9.17, 15) is 0 Å². The van der Waals surface area contributed by atoms with E-state index in [4.69, 9.17) is 14.2 Å². The molecule has 2 saturated heterocycles. The van der Waals surface area contributed by atoms with Gasteiger partial charge in [-0.05, 0) is 55.3 Å². The molecule has 0 radical (unpaired) electrons. The number of hydrogen-bond acceptors (Lipinski definition) is 4. The Morgan fingerprint density at radius 2 is 1.24 bits per heavy atom. The molecule has 3 atom stereocenters. The molecule has 2 aromatic rings. The first-order valence-corrected chi connectivity index (χ1v) is 8.78. The predicted octanol–water partition coefficient (Wildman–Crippen LogP) is 3.98. The molecule has 2 aliphatic heterocycles. The molecule has 0 saturated carbocycles. The highest BCUT2D eigenvalue weighted by Crippen LogP contribution is 2.52. The van der Waals surface area contributed by atoms with Gasteiger partial charge in [-0.3, -0.25) is 4.90 Å². The third-order valence-electron chi connectivity index (χ3n) is 5.67. The maximum Gasteiger partial charge on any atom is 0.118 e. The molecule has 2 fully saturated rings. The summed E-state index contributed by atoms with van der Waals surface area (Å²) in [6, 6.07) is 17.5. The minimum Gasteiger partial charge on any atom is -0.497 e. The van der Waals surface area contributed by atoms with Gasteiger partial charge in [0.2, 0.25) is 0 Å². The SMILES string of the molecule is COc1ccc([C@H]2CC3(CO3)C[C@@H](c3ccc(OC)cc3)N2C)cc1. The van der Waals surface area contributed by atoms with E-state index in [1.54, 1.807) is 14.2 Å². The lowest BCUT2D eigenvalue weighted by Gasteiger charge is -2.43. The van der Waals surface area contributed by atoms with Gasteiger partial charge < -0.3 is 14.2 Å². The molecule has 0 aliphatic carbocycles. The Morgan fingerprint density at radius 1 is 0.840 bits per heavy atom. The van der Waals surface area contributed by atoms with Crippen LogP contribution in [0.15, 0.2) is 48.5 Å². The van der Waals surface area contributed by atoms with Crippen LogP contribution in [-0.2, 0) is 4.74 Å². The number of methoxy groups -OCH3 is 2. The number of ether oxygens (including phenoxy) is 3. The Hall–Kier alpha value is -2.04. The fraction of sp³-hybridized carbons (Fsp3) is 0.429. The van der Waals surface area contributed by atoms with Crippen molar-refractivity contribution in [3.63, 3.8) is 0 Å². The van der Waals surface area contributed by atoms with Crippen LogP contribution in [0.4, 0.5) is 0 Å². The van der Waals surface area contributed by atoms with Gasteiger partial charge in [0, 0.05) is 12.1 Å².